The first-order chi connectivity index (χ1) is 7.27. The van der Waals surface area contributed by atoms with Gasteiger partial charge in [-0.05, 0) is 6.07 Å². The second-order valence-electron chi connectivity index (χ2n) is 2.64. The molecule has 0 fully saturated rings. The molecule has 86 valence electrons. The monoisotopic (exact) mass is 268 g/mol. The molecule has 1 aromatic heterocycles. The second kappa shape index (κ2) is 4.19. The largest absolute Gasteiger partial charge is 0.319 e. The van der Waals surface area contributed by atoms with Crippen LogP contribution in [0.3, 0.4) is 0 Å². The van der Waals surface area contributed by atoms with Gasteiger partial charge in [-0.3, -0.25) is 4.79 Å². The third-order valence-electron chi connectivity index (χ3n) is 1.64. The summed E-state index contributed by atoms with van der Waals surface area (Å²) in [5.41, 5.74) is -2.83. The summed E-state index contributed by atoms with van der Waals surface area (Å²) in [6, 6.07) is 1.88. The summed E-state index contributed by atoms with van der Waals surface area (Å²) in [6.07, 6.45) is -3.22. The summed E-state index contributed by atoms with van der Waals surface area (Å²) in [5.74, 6) is 0. The van der Waals surface area contributed by atoms with E-state index in [-0.39, 0.29) is 0 Å². The second-order valence-corrected chi connectivity index (χ2v) is 5.17. The maximum atomic E-state index is 12.4. The molecule has 0 atom stereocenters. The molecular formula is C7H3ClF2N2O3S. The van der Waals surface area contributed by atoms with Gasteiger partial charge in [0.1, 0.15) is 22.2 Å². The average Bonchev–Trinajstić information content (AvgIpc) is 2.15. The van der Waals surface area contributed by atoms with Gasteiger partial charge in [0, 0.05) is 10.7 Å². The highest BCUT2D eigenvalue weighted by atomic mass is 35.7. The zero-order valence-electron chi connectivity index (χ0n) is 7.37. The van der Waals surface area contributed by atoms with Crippen LogP contribution >= 0.6 is 10.7 Å². The predicted octanol–water partition coefficient (Wildman–Crippen LogP) is 1.11. The highest BCUT2D eigenvalue weighted by Crippen LogP contribution is 2.26. The highest BCUT2D eigenvalue weighted by molar-refractivity contribution is 8.13. The van der Waals surface area contributed by atoms with Crippen molar-refractivity contribution in [3.63, 3.8) is 0 Å². The molecule has 1 heterocycles. The SMILES string of the molecule is N#Cc1cc(S(=O)(=O)Cl)c(C(F)F)[nH]c1=O. The van der Waals surface area contributed by atoms with Crippen molar-refractivity contribution in [2.24, 2.45) is 0 Å². The molecule has 1 rings (SSSR count). The van der Waals surface area contributed by atoms with E-state index in [0.717, 1.165) is 0 Å². The van der Waals surface area contributed by atoms with Gasteiger partial charge in [-0.1, -0.05) is 0 Å². The molecule has 0 unspecified atom stereocenters. The topological polar surface area (TPSA) is 90.8 Å². The van der Waals surface area contributed by atoms with Crippen molar-refractivity contribution < 1.29 is 17.2 Å². The molecule has 0 aromatic carbocycles. The van der Waals surface area contributed by atoms with Gasteiger partial charge in [0.05, 0.1) is 0 Å². The van der Waals surface area contributed by atoms with Crippen LogP contribution in [0.5, 0.6) is 0 Å². The highest BCUT2D eigenvalue weighted by Gasteiger charge is 2.24. The van der Waals surface area contributed by atoms with Crippen LogP contribution in [0.1, 0.15) is 17.7 Å². The number of halogens is 3. The number of H-pyrrole nitrogens is 1. The van der Waals surface area contributed by atoms with Gasteiger partial charge >= 0.3 is 0 Å². The first-order valence-electron chi connectivity index (χ1n) is 3.67. The fourth-order valence-electron chi connectivity index (χ4n) is 0.973. The third kappa shape index (κ3) is 2.37. The quantitative estimate of drug-likeness (QED) is 0.814. The van der Waals surface area contributed by atoms with Crippen molar-refractivity contribution >= 4 is 19.7 Å². The maximum Gasteiger partial charge on any atom is 0.279 e. The van der Waals surface area contributed by atoms with E-state index < -0.39 is 37.2 Å². The summed E-state index contributed by atoms with van der Waals surface area (Å²) in [7, 11) is 0.440. The molecule has 9 heteroatoms. The molecule has 0 bridgehead atoms. The van der Waals surface area contributed by atoms with Crippen LogP contribution in [0, 0.1) is 11.3 Å². The van der Waals surface area contributed by atoms with E-state index in [1.165, 1.54) is 6.07 Å². The lowest BCUT2D eigenvalue weighted by Crippen LogP contribution is -2.16. The van der Waals surface area contributed by atoms with Crippen molar-refractivity contribution in [1.82, 2.24) is 4.98 Å². The lowest BCUT2D eigenvalue weighted by Gasteiger charge is -2.05. The molecule has 0 aliphatic carbocycles. The summed E-state index contributed by atoms with van der Waals surface area (Å²) in [4.78, 5) is 11.6. The smallest absolute Gasteiger partial charge is 0.279 e. The number of nitriles is 1. The normalized spacial score (nSPS) is 11.4. The molecule has 0 spiro atoms. The Hall–Kier alpha value is -1.46. The van der Waals surface area contributed by atoms with E-state index >= 15 is 0 Å². The predicted molar refractivity (Wildman–Crippen MR) is 49.8 cm³/mol. The molecule has 1 N–H and O–H groups in total. The Kier molecular flexibility index (Phi) is 3.30. The first kappa shape index (κ1) is 12.6. The number of nitrogens with zero attached hydrogens (tertiary/aromatic N) is 1. The van der Waals surface area contributed by atoms with Gasteiger partial charge in [-0.15, -0.1) is 0 Å². The van der Waals surface area contributed by atoms with Crippen molar-refractivity contribution in [3.05, 3.63) is 27.7 Å². The van der Waals surface area contributed by atoms with Gasteiger partial charge in [0.2, 0.25) is 0 Å². The Balaban J connectivity index is 3.71. The number of rotatable bonds is 2. The minimum Gasteiger partial charge on any atom is -0.319 e. The van der Waals surface area contributed by atoms with Gasteiger partial charge in [0.15, 0.2) is 0 Å². The van der Waals surface area contributed by atoms with Gasteiger partial charge in [-0.25, -0.2) is 17.2 Å². The Bertz CT molecular complexity index is 617. The lowest BCUT2D eigenvalue weighted by molar-refractivity contribution is 0.142. The van der Waals surface area contributed by atoms with E-state index in [1.807, 2.05) is 0 Å². The molecule has 0 radical (unpaired) electrons. The van der Waals surface area contributed by atoms with Crippen molar-refractivity contribution in [2.75, 3.05) is 0 Å². The Morgan fingerprint density at radius 2 is 2.06 bits per heavy atom. The molecule has 0 aliphatic rings. The van der Waals surface area contributed by atoms with E-state index in [9.17, 15) is 22.0 Å². The minimum absolute atomic E-state index is 0.517. The van der Waals surface area contributed by atoms with Gasteiger partial charge in [-0.2, -0.15) is 5.26 Å². The summed E-state index contributed by atoms with van der Waals surface area (Å²) < 4.78 is 46.7. The van der Waals surface area contributed by atoms with Gasteiger partial charge in [0.25, 0.3) is 21.0 Å². The summed E-state index contributed by atoms with van der Waals surface area (Å²) in [6.45, 7) is 0. The summed E-state index contributed by atoms with van der Waals surface area (Å²) in [5, 5.41) is 8.44. The first-order valence-corrected chi connectivity index (χ1v) is 5.98. The molecule has 0 saturated heterocycles. The van der Waals surface area contributed by atoms with Crippen LogP contribution in [0.4, 0.5) is 8.78 Å². The van der Waals surface area contributed by atoms with Crippen LogP contribution in [0.25, 0.3) is 0 Å². The van der Waals surface area contributed by atoms with Crippen molar-refractivity contribution in [1.29, 1.82) is 5.26 Å². The number of alkyl halides is 2. The number of pyridine rings is 1. The van der Waals surface area contributed by atoms with E-state index in [2.05, 4.69) is 0 Å². The fourth-order valence-corrected chi connectivity index (χ4v) is 2.02. The molecule has 16 heavy (non-hydrogen) atoms. The number of nitrogens with one attached hydrogen (secondary N) is 1. The Labute approximate surface area is 92.7 Å². The molecule has 0 saturated carbocycles. The molecule has 5 nitrogen and oxygen atoms in total. The molecule has 0 amide bonds. The molecule has 0 aliphatic heterocycles. The summed E-state index contributed by atoms with van der Waals surface area (Å²) >= 11 is 0. The zero-order valence-corrected chi connectivity index (χ0v) is 8.94. The average molecular weight is 269 g/mol. The minimum atomic E-state index is -4.46. The van der Waals surface area contributed by atoms with Crippen LogP contribution in [0.2, 0.25) is 0 Å². The van der Waals surface area contributed by atoms with Gasteiger partial charge < -0.3 is 4.98 Å². The van der Waals surface area contributed by atoms with Crippen molar-refractivity contribution in [2.45, 2.75) is 11.3 Å². The van der Waals surface area contributed by atoms with Crippen LogP contribution in [-0.4, -0.2) is 13.4 Å². The number of hydrogen-bond donors (Lipinski definition) is 1. The Morgan fingerprint density at radius 1 is 1.50 bits per heavy atom. The van der Waals surface area contributed by atoms with Crippen molar-refractivity contribution in [3.8, 4) is 6.07 Å². The molecule has 1 aromatic rings. The van der Waals surface area contributed by atoms with E-state index in [4.69, 9.17) is 15.9 Å². The van der Waals surface area contributed by atoms with Crippen LogP contribution in [0.15, 0.2) is 15.8 Å². The number of aromatic nitrogens is 1. The van der Waals surface area contributed by atoms with E-state index in [0.29, 0.717) is 6.07 Å². The number of hydrogen-bond acceptors (Lipinski definition) is 4. The third-order valence-corrected chi connectivity index (χ3v) is 3.00. The fraction of sp³-hybridized carbons (Fsp3) is 0.143. The van der Waals surface area contributed by atoms with Crippen LogP contribution in [-0.2, 0) is 9.05 Å². The Morgan fingerprint density at radius 3 is 2.44 bits per heavy atom. The maximum absolute atomic E-state index is 12.4. The van der Waals surface area contributed by atoms with Crippen LogP contribution < -0.4 is 5.56 Å². The zero-order chi connectivity index (χ0) is 12.5. The lowest BCUT2D eigenvalue weighted by atomic mass is 10.2. The number of aromatic amines is 1. The molecular weight excluding hydrogens is 266 g/mol. The van der Waals surface area contributed by atoms with E-state index in [1.54, 1.807) is 4.98 Å². The standard InChI is InChI=1S/C7H3ClF2N2O3S/c8-16(14,15)4-1-3(2-11)7(13)12-5(4)6(9)10/h1,6H,(H,12,13).